The molecule has 0 aromatic heterocycles. The van der Waals surface area contributed by atoms with Crippen molar-refractivity contribution in [2.75, 3.05) is 0 Å². The van der Waals surface area contributed by atoms with Crippen LogP contribution in [0, 0.1) is 0 Å². The smallest absolute Gasteiger partial charge is 0.185 e. The number of carbonyl (C=O) groups excluding carboxylic acids is 2. The first-order valence-corrected chi connectivity index (χ1v) is 3.56. The molecule has 0 radical (unpaired) electrons. The van der Waals surface area contributed by atoms with Gasteiger partial charge in [-0.15, -0.1) is 0 Å². The van der Waals surface area contributed by atoms with E-state index in [1.54, 1.807) is 24.3 Å². The largest absolute Gasteiger partial charge is 0.299 e. The monoisotopic (exact) mass is 160 g/mol. The van der Waals surface area contributed by atoms with Crippen LogP contribution in [-0.2, 0) is 4.79 Å². The average Bonchev–Trinajstić information content (AvgIpc) is 2.15. The zero-order chi connectivity index (χ0) is 8.81. The van der Waals surface area contributed by atoms with E-state index in [-0.39, 0.29) is 5.78 Å². The molecule has 1 aromatic carbocycles. The second-order valence-electron chi connectivity index (χ2n) is 2.23. The number of hydrogen-bond donors (Lipinski definition) is 0. The molecule has 1 rings (SSSR count). The van der Waals surface area contributed by atoms with E-state index < -0.39 is 0 Å². The van der Waals surface area contributed by atoms with E-state index in [1.807, 2.05) is 6.07 Å². The first kappa shape index (κ1) is 8.40. The Balaban J connectivity index is 2.79. The number of ketones is 1. The van der Waals surface area contributed by atoms with Crippen LogP contribution in [0.4, 0.5) is 0 Å². The van der Waals surface area contributed by atoms with E-state index in [0.717, 1.165) is 0 Å². The van der Waals surface area contributed by atoms with Crippen molar-refractivity contribution in [3.05, 3.63) is 48.0 Å². The van der Waals surface area contributed by atoms with Gasteiger partial charge in [0, 0.05) is 5.56 Å². The van der Waals surface area contributed by atoms with Crippen LogP contribution in [0.2, 0.25) is 0 Å². The standard InChI is InChI=1S/C10H8O2/c11-8-4-7-10(12)9-5-2-1-3-6-9/h1-8H/b7-4+. The molecule has 0 heterocycles. The lowest BCUT2D eigenvalue weighted by Crippen LogP contribution is -1.92. The van der Waals surface area contributed by atoms with Gasteiger partial charge in [-0.25, -0.2) is 0 Å². The first-order valence-electron chi connectivity index (χ1n) is 3.56. The number of benzene rings is 1. The molecule has 0 aliphatic carbocycles. The molecule has 0 fully saturated rings. The van der Waals surface area contributed by atoms with Gasteiger partial charge in [0.1, 0.15) is 6.29 Å². The highest BCUT2D eigenvalue weighted by atomic mass is 16.1. The molecule has 0 aliphatic heterocycles. The molecular weight excluding hydrogens is 152 g/mol. The zero-order valence-corrected chi connectivity index (χ0v) is 6.44. The van der Waals surface area contributed by atoms with Crippen LogP contribution >= 0.6 is 0 Å². The minimum atomic E-state index is -0.150. The summed E-state index contributed by atoms with van der Waals surface area (Å²) in [4.78, 5) is 21.1. The number of hydrogen-bond acceptors (Lipinski definition) is 2. The molecule has 1 aromatic rings. The van der Waals surface area contributed by atoms with E-state index in [2.05, 4.69) is 0 Å². The Kier molecular flexibility index (Phi) is 2.96. The van der Waals surface area contributed by atoms with E-state index in [9.17, 15) is 9.59 Å². The first-order chi connectivity index (χ1) is 5.84. The van der Waals surface area contributed by atoms with Gasteiger partial charge in [-0.3, -0.25) is 9.59 Å². The van der Waals surface area contributed by atoms with Crippen LogP contribution in [0.15, 0.2) is 42.5 Å². The minimum absolute atomic E-state index is 0.150. The summed E-state index contributed by atoms with van der Waals surface area (Å²) in [5, 5.41) is 0. The van der Waals surface area contributed by atoms with Crippen LogP contribution in [0.3, 0.4) is 0 Å². The van der Waals surface area contributed by atoms with Gasteiger partial charge in [0.15, 0.2) is 5.78 Å². The molecule has 0 aliphatic rings. The van der Waals surface area contributed by atoms with Crippen molar-refractivity contribution in [2.24, 2.45) is 0 Å². The topological polar surface area (TPSA) is 34.1 Å². The number of carbonyl (C=O) groups is 2. The van der Waals surface area contributed by atoms with Gasteiger partial charge in [-0.2, -0.15) is 0 Å². The van der Waals surface area contributed by atoms with Gasteiger partial charge < -0.3 is 0 Å². The van der Waals surface area contributed by atoms with Gasteiger partial charge in [-0.05, 0) is 12.2 Å². The van der Waals surface area contributed by atoms with Crippen molar-refractivity contribution in [1.82, 2.24) is 0 Å². The summed E-state index contributed by atoms with van der Waals surface area (Å²) in [7, 11) is 0. The Bertz CT molecular complexity index is 299. The van der Waals surface area contributed by atoms with Crippen molar-refractivity contribution in [3.8, 4) is 0 Å². The van der Waals surface area contributed by atoms with Gasteiger partial charge in [0.05, 0.1) is 0 Å². The highest BCUT2D eigenvalue weighted by Crippen LogP contribution is 1.99. The van der Waals surface area contributed by atoms with Gasteiger partial charge >= 0.3 is 0 Å². The third-order valence-corrected chi connectivity index (χ3v) is 1.38. The molecule has 0 atom stereocenters. The molecule has 0 N–H and O–H groups in total. The van der Waals surface area contributed by atoms with Crippen LogP contribution in [-0.4, -0.2) is 12.1 Å². The van der Waals surface area contributed by atoms with Crippen molar-refractivity contribution in [3.63, 3.8) is 0 Å². The lowest BCUT2D eigenvalue weighted by molar-refractivity contribution is -0.104. The molecule has 0 saturated carbocycles. The van der Waals surface area contributed by atoms with Crippen LogP contribution < -0.4 is 0 Å². The van der Waals surface area contributed by atoms with Crippen molar-refractivity contribution in [1.29, 1.82) is 0 Å². The number of aldehydes is 1. The molecule has 2 nitrogen and oxygen atoms in total. The molecule has 2 heteroatoms. The number of rotatable bonds is 3. The van der Waals surface area contributed by atoms with Gasteiger partial charge in [0.2, 0.25) is 0 Å². The molecule has 0 unspecified atom stereocenters. The summed E-state index contributed by atoms with van der Waals surface area (Å²) in [5.41, 5.74) is 0.593. The van der Waals surface area contributed by atoms with Gasteiger partial charge in [-0.1, -0.05) is 30.3 Å². The fourth-order valence-electron chi connectivity index (χ4n) is 0.825. The van der Waals surface area contributed by atoms with E-state index in [0.29, 0.717) is 11.8 Å². The molecule has 0 spiro atoms. The molecule has 0 bridgehead atoms. The SMILES string of the molecule is O=C/C=C/C(=O)c1ccccc1. The normalized spacial score (nSPS) is 10.0. The summed E-state index contributed by atoms with van der Waals surface area (Å²) in [6.07, 6.45) is 3.03. The van der Waals surface area contributed by atoms with E-state index in [4.69, 9.17) is 0 Å². The summed E-state index contributed by atoms with van der Waals surface area (Å²) in [6.45, 7) is 0. The van der Waals surface area contributed by atoms with Crippen LogP contribution in [0.25, 0.3) is 0 Å². The van der Waals surface area contributed by atoms with Crippen LogP contribution in [0.5, 0.6) is 0 Å². The maximum atomic E-state index is 11.2. The summed E-state index contributed by atoms with van der Waals surface area (Å²) >= 11 is 0. The minimum Gasteiger partial charge on any atom is -0.299 e. The Morgan fingerprint density at radius 1 is 1.17 bits per heavy atom. The summed E-state index contributed by atoms with van der Waals surface area (Å²) in [6, 6.07) is 8.80. The van der Waals surface area contributed by atoms with E-state index in [1.165, 1.54) is 12.2 Å². The average molecular weight is 160 g/mol. The number of allylic oxidation sites excluding steroid dienone is 2. The predicted octanol–water partition coefficient (Wildman–Crippen LogP) is 1.62. The van der Waals surface area contributed by atoms with Crippen molar-refractivity contribution in [2.45, 2.75) is 0 Å². The quantitative estimate of drug-likeness (QED) is 0.382. The molecular formula is C10H8O2. The van der Waals surface area contributed by atoms with Crippen molar-refractivity contribution < 1.29 is 9.59 Å². The highest BCUT2D eigenvalue weighted by Gasteiger charge is 1.97. The lowest BCUT2D eigenvalue weighted by atomic mass is 10.1. The predicted molar refractivity (Wildman–Crippen MR) is 46.0 cm³/mol. The third-order valence-electron chi connectivity index (χ3n) is 1.38. The zero-order valence-electron chi connectivity index (χ0n) is 6.44. The van der Waals surface area contributed by atoms with Crippen LogP contribution in [0.1, 0.15) is 10.4 Å². The Labute approximate surface area is 70.5 Å². The maximum absolute atomic E-state index is 11.2. The highest BCUT2D eigenvalue weighted by molar-refractivity contribution is 6.05. The molecule has 0 saturated heterocycles. The molecule has 60 valence electrons. The Morgan fingerprint density at radius 3 is 2.42 bits per heavy atom. The molecule has 0 amide bonds. The third kappa shape index (κ3) is 2.16. The lowest BCUT2D eigenvalue weighted by Gasteiger charge is -1.91. The summed E-state index contributed by atoms with van der Waals surface area (Å²) < 4.78 is 0. The Hall–Kier alpha value is -1.70. The van der Waals surface area contributed by atoms with E-state index >= 15 is 0 Å². The second kappa shape index (κ2) is 4.23. The van der Waals surface area contributed by atoms with Gasteiger partial charge in [0.25, 0.3) is 0 Å². The van der Waals surface area contributed by atoms with Crippen molar-refractivity contribution >= 4 is 12.1 Å². The Morgan fingerprint density at radius 2 is 1.83 bits per heavy atom. The fraction of sp³-hybridized carbons (Fsp3) is 0. The molecule has 12 heavy (non-hydrogen) atoms. The second-order valence-corrected chi connectivity index (χ2v) is 2.23. The fourth-order valence-corrected chi connectivity index (χ4v) is 0.825. The maximum Gasteiger partial charge on any atom is 0.185 e. The summed E-state index contributed by atoms with van der Waals surface area (Å²) in [5.74, 6) is -0.150.